The molecule has 4 heteroatoms. The quantitative estimate of drug-likeness (QED) is 0.302. The molecule has 0 saturated heterocycles. The van der Waals surface area contributed by atoms with Crippen molar-refractivity contribution in [1.29, 1.82) is 0 Å². The van der Waals surface area contributed by atoms with E-state index in [0.29, 0.717) is 0 Å². The van der Waals surface area contributed by atoms with Crippen molar-refractivity contribution < 1.29 is 10.1 Å². The van der Waals surface area contributed by atoms with Crippen LogP contribution in [0, 0.1) is 0 Å². The molecule has 0 aliphatic heterocycles. The summed E-state index contributed by atoms with van der Waals surface area (Å²) in [6.07, 6.45) is 4.82. The second kappa shape index (κ2) is 7.77. The molecule has 15 heavy (non-hydrogen) atoms. The molecule has 0 saturated carbocycles. The van der Waals surface area contributed by atoms with Gasteiger partial charge in [0.05, 0.1) is 5.54 Å². The maximum Gasteiger partial charge on any atom is 0.202 e. The zero-order valence-corrected chi connectivity index (χ0v) is 10.4. The monoisotopic (exact) mass is 216 g/mol. The van der Waals surface area contributed by atoms with Gasteiger partial charge in [-0.3, -0.25) is 0 Å². The van der Waals surface area contributed by atoms with Gasteiger partial charge in [0.1, 0.15) is 0 Å². The highest BCUT2D eigenvalue weighted by atomic mass is 17.1. The number of rotatable bonds is 7. The van der Waals surface area contributed by atoms with E-state index in [-0.39, 0.29) is 5.54 Å². The van der Waals surface area contributed by atoms with E-state index in [2.05, 4.69) is 22.0 Å². The van der Waals surface area contributed by atoms with Gasteiger partial charge in [-0.2, -0.15) is 10.2 Å². The van der Waals surface area contributed by atoms with Gasteiger partial charge in [-0.1, -0.05) is 26.2 Å². The molecule has 0 rings (SSSR count). The van der Waals surface area contributed by atoms with Crippen LogP contribution in [0.15, 0.2) is 10.2 Å². The molecule has 0 amide bonds. The van der Waals surface area contributed by atoms with Crippen molar-refractivity contribution in [1.82, 2.24) is 0 Å². The molecular formula is C11H24N2O2. The summed E-state index contributed by atoms with van der Waals surface area (Å²) in [5.41, 5.74) is -0.208. The first-order valence-electron chi connectivity index (χ1n) is 5.72. The Morgan fingerprint density at radius 2 is 1.87 bits per heavy atom. The Morgan fingerprint density at radius 1 is 1.20 bits per heavy atom. The first kappa shape index (κ1) is 14.5. The van der Waals surface area contributed by atoms with Gasteiger partial charge in [0.15, 0.2) is 0 Å². The van der Waals surface area contributed by atoms with Gasteiger partial charge in [0.25, 0.3) is 0 Å². The summed E-state index contributed by atoms with van der Waals surface area (Å²) in [6.45, 7) is 8.05. The predicted molar refractivity (Wildman–Crippen MR) is 60.9 cm³/mol. The Balaban J connectivity index is 3.78. The third-order valence-corrected chi connectivity index (χ3v) is 1.91. The number of azo groups is 1. The van der Waals surface area contributed by atoms with Crippen LogP contribution in [0.25, 0.3) is 0 Å². The van der Waals surface area contributed by atoms with Crippen molar-refractivity contribution in [3.8, 4) is 0 Å². The lowest BCUT2D eigenvalue weighted by Gasteiger charge is -2.12. The molecule has 0 aromatic carbocycles. The smallest absolute Gasteiger partial charge is 0.202 e. The average Bonchev–Trinajstić information content (AvgIpc) is 2.15. The fraction of sp³-hybridized carbons (Fsp3) is 1.00. The highest BCUT2D eigenvalue weighted by molar-refractivity contribution is 4.67. The molecule has 0 spiro atoms. The average molecular weight is 216 g/mol. The fourth-order valence-corrected chi connectivity index (χ4v) is 1.11. The van der Waals surface area contributed by atoms with Crippen LogP contribution in [0.1, 0.15) is 59.8 Å². The molecule has 0 heterocycles. The van der Waals surface area contributed by atoms with Crippen molar-refractivity contribution in [2.75, 3.05) is 0 Å². The van der Waals surface area contributed by atoms with E-state index in [1.165, 1.54) is 12.8 Å². The van der Waals surface area contributed by atoms with E-state index in [1.54, 1.807) is 0 Å². The predicted octanol–water partition coefficient (Wildman–Crippen LogP) is 4.02. The number of hydrogen-bond donors (Lipinski definition) is 1. The van der Waals surface area contributed by atoms with Crippen LogP contribution in [0.4, 0.5) is 0 Å². The Morgan fingerprint density at radius 3 is 2.33 bits per heavy atom. The standard InChI is InChI=1S/C11H24N2O2/c1-5-6-7-8-9-10(15-14)12-13-11(2,3)4/h10,14H,5-9H2,1-4H3/b13-12+. The molecule has 0 fully saturated rings. The van der Waals surface area contributed by atoms with Crippen LogP contribution in [0.5, 0.6) is 0 Å². The van der Waals surface area contributed by atoms with Crippen LogP contribution in [0.2, 0.25) is 0 Å². The van der Waals surface area contributed by atoms with Crippen LogP contribution >= 0.6 is 0 Å². The molecule has 0 aliphatic carbocycles. The highest BCUT2D eigenvalue weighted by Gasteiger charge is 2.11. The molecule has 0 radical (unpaired) electrons. The minimum atomic E-state index is -0.499. The van der Waals surface area contributed by atoms with E-state index in [1.807, 2.05) is 20.8 Å². The minimum absolute atomic E-state index is 0.208. The maximum atomic E-state index is 8.63. The summed E-state index contributed by atoms with van der Waals surface area (Å²) in [6, 6.07) is 0. The number of unbranched alkanes of at least 4 members (excludes halogenated alkanes) is 3. The summed E-state index contributed by atoms with van der Waals surface area (Å²) < 4.78 is 0. The van der Waals surface area contributed by atoms with E-state index in [4.69, 9.17) is 5.26 Å². The van der Waals surface area contributed by atoms with Crippen LogP contribution in [-0.2, 0) is 4.89 Å². The molecule has 1 N–H and O–H groups in total. The third kappa shape index (κ3) is 9.82. The van der Waals surface area contributed by atoms with Gasteiger partial charge < -0.3 is 0 Å². The Bertz CT molecular complexity index is 176. The van der Waals surface area contributed by atoms with Crippen molar-refractivity contribution in [2.45, 2.75) is 71.6 Å². The van der Waals surface area contributed by atoms with E-state index < -0.39 is 6.23 Å². The Hall–Kier alpha value is -0.480. The molecule has 1 unspecified atom stereocenters. The zero-order chi connectivity index (χ0) is 11.7. The zero-order valence-electron chi connectivity index (χ0n) is 10.4. The van der Waals surface area contributed by atoms with Gasteiger partial charge in [-0.15, -0.1) is 0 Å². The Labute approximate surface area is 92.7 Å². The summed E-state index contributed by atoms with van der Waals surface area (Å²) in [7, 11) is 0. The molecule has 0 aliphatic rings. The normalized spacial score (nSPS) is 14.7. The van der Waals surface area contributed by atoms with Crippen molar-refractivity contribution in [3.63, 3.8) is 0 Å². The molecule has 0 aromatic rings. The first-order chi connectivity index (χ1) is 6.99. The number of nitrogens with zero attached hydrogens (tertiary/aromatic N) is 2. The third-order valence-electron chi connectivity index (χ3n) is 1.91. The van der Waals surface area contributed by atoms with E-state index in [0.717, 1.165) is 19.3 Å². The van der Waals surface area contributed by atoms with Crippen LogP contribution in [-0.4, -0.2) is 17.0 Å². The fourth-order valence-electron chi connectivity index (χ4n) is 1.11. The SMILES string of the molecule is CCCCCCC(/N=N/C(C)(C)C)OO. The van der Waals surface area contributed by atoms with Crippen molar-refractivity contribution >= 4 is 0 Å². The lowest BCUT2D eigenvalue weighted by molar-refractivity contribution is -0.279. The lowest BCUT2D eigenvalue weighted by Crippen LogP contribution is -2.12. The lowest BCUT2D eigenvalue weighted by atomic mass is 10.1. The summed E-state index contributed by atoms with van der Waals surface area (Å²) >= 11 is 0. The summed E-state index contributed by atoms with van der Waals surface area (Å²) in [5.74, 6) is 0. The van der Waals surface area contributed by atoms with Gasteiger partial charge in [0, 0.05) is 0 Å². The van der Waals surface area contributed by atoms with Gasteiger partial charge >= 0.3 is 0 Å². The largest absolute Gasteiger partial charge is 0.250 e. The van der Waals surface area contributed by atoms with E-state index >= 15 is 0 Å². The maximum absolute atomic E-state index is 8.63. The number of hydrogen-bond acceptors (Lipinski definition) is 4. The van der Waals surface area contributed by atoms with E-state index in [9.17, 15) is 0 Å². The van der Waals surface area contributed by atoms with Crippen LogP contribution in [0.3, 0.4) is 0 Å². The molecule has 0 bridgehead atoms. The molecule has 1 atom stereocenters. The minimum Gasteiger partial charge on any atom is -0.250 e. The van der Waals surface area contributed by atoms with Gasteiger partial charge in [-0.05, 0) is 33.6 Å². The molecule has 4 nitrogen and oxygen atoms in total. The van der Waals surface area contributed by atoms with Gasteiger partial charge in [-0.25, -0.2) is 10.1 Å². The highest BCUT2D eigenvalue weighted by Crippen LogP contribution is 2.13. The Kier molecular flexibility index (Phi) is 7.52. The first-order valence-corrected chi connectivity index (χ1v) is 5.72. The van der Waals surface area contributed by atoms with Crippen molar-refractivity contribution in [3.05, 3.63) is 0 Å². The molecule has 0 aromatic heterocycles. The second-order valence-corrected chi connectivity index (χ2v) is 4.80. The van der Waals surface area contributed by atoms with Crippen molar-refractivity contribution in [2.24, 2.45) is 10.2 Å². The summed E-state index contributed by atoms with van der Waals surface area (Å²) in [4.78, 5) is 4.27. The summed E-state index contributed by atoms with van der Waals surface area (Å²) in [5, 5.41) is 16.7. The molecule has 90 valence electrons. The van der Waals surface area contributed by atoms with Crippen LogP contribution < -0.4 is 0 Å². The second-order valence-electron chi connectivity index (χ2n) is 4.80. The molecular weight excluding hydrogens is 192 g/mol. The van der Waals surface area contributed by atoms with Gasteiger partial charge in [0.2, 0.25) is 6.23 Å². The topological polar surface area (TPSA) is 54.2 Å².